The molecule has 4 aromatic carbocycles. The predicted octanol–water partition coefficient (Wildman–Crippen LogP) is 6.78. The number of rotatable bonds is 5. The van der Waals surface area contributed by atoms with Crippen molar-refractivity contribution in [3.63, 3.8) is 0 Å². The van der Waals surface area contributed by atoms with Crippen molar-refractivity contribution >= 4 is 34.0 Å². The molecule has 2 N–H and O–H groups in total. The highest BCUT2D eigenvalue weighted by Gasteiger charge is 2.10. The van der Waals surface area contributed by atoms with Crippen molar-refractivity contribution in [2.24, 2.45) is 0 Å². The first kappa shape index (κ1) is 17.9. The van der Waals surface area contributed by atoms with Gasteiger partial charge in [0.2, 0.25) is 5.95 Å². The average Bonchev–Trinajstić information content (AvgIpc) is 2.81. The fourth-order valence-electron chi connectivity index (χ4n) is 3.40. The quantitative estimate of drug-likeness (QED) is 0.348. The molecule has 0 aliphatic heterocycles. The smallest absolute Gasteiger partial charge is 0.229 e. The topological polar surface area (TPSA) is 49.8 Å². The van der Waals surface area contributed by atoms with Crippen LogP contribution in [0.25, 0.3) is 22.0 Å². The second-order valence-electron chi connectivity index (χ2n) is 6.98. The van der Waals surface area contributed by atoms with Gasteiger partial charge in [0.15, 0.2) is 0 Å². The molecule has 0 spiro atoms. The number of para-hydroxylation sites is 2. The molecule has 0 aliphatic carbocycles. The Morgan fingerprint density at radius 1 is 0.500 bits per heavy atom. The van der Waals surface area contributed by atoms with Gasteiger partial charge in [0, 0.05) is 16.8 Å². The number of hydrogen-bond donors (Lipinski definition) is 2. The van der Waals surface area contributed by atoms with E-state index >= 15 is 0 Å². The third-order valence-corrected chi connectivity index (χ3v) is 4.87. The zero-order chi connectivity index (χ0) is 20.2. The summed E-state index contributed by atoms with van der Waals surface area (Å²) >= 11 is 0. The van der Waals surface area contributed by atoms with Crippen molar-refractivity contribution in [3.05, 3.63) is 109 Å². The first-order chi connectivity index (χ1) is 14.8. The summed E-state index contributed by atoms with van der Waals surface area (Å²) in [5.41, 5.74) is 5.10. The number of hydrogen-bond acceptors (Lipinski definition) is 4. The van der Waals surface area contributed by atoms with Gasteiger partial charge in [0.25, 0.3) is 0 Å². The van der Waals surface area contributed by atoms with Crippen molar-refractivity contribution in [3.8, 4) is 11.1 Å². The van der Waals surface area contributed by atoms with E-state index < -0.39 is 0 Å². The van der Waals surface area contributed by atoms with Crippen LogP contribution in [0.1, 0.15) is 0 Å². The summed E-state index contributed by atoms with van der Waals surface area (Å²) in [6, 6.07) is 36.6. The lowest BCUT2D eigenvalue weighted by atomic mass is 10.0. The van der Waals surface area contributed by atoms with Crippen LogP contribution in [0.2, 0.25) is 0 Å². The van der Waals surface area contributed by atoms with E-state index in [2.05, 4.69) is 34.9 Å². The molecule has 0 saturated carbocycles. The third kappa shape index (κ3) is 3.84. The minimum Gasteiger partial charge on any atom is -0.340 e. The van der Waals surface area contributed by atoms with Gasteiger partial charge >= 0.3 is 0 Å². The lowest BCUT2D eigenvalue weighted by Crippen LogP contribution is -2.02. The van der Waals surface area contributed by atoms with Crippen LogP contribution in [0, 0.1) is 0 Å². The van der Waals surface area contributed by atoms with E-state index in [1.54, 1.807) is 0 Å². The van der Waals surface area contributed by atoms with Crippen molar-refractivity contribution in [2.75, 3.05) is 10.6 Å². The summed E-state index contributed by atoms with van der Waals surface area (Å²) in [6.45, 7) is 0. The summed E-state index contributed by atoms with van der Waals surface area (Å²) in [5.74, 6) is 1.32. The van der Waals surface area contributed by atoms with E-state index in [-0.39, 0.29) is 0 Å². The van der Waals surface area contributed by atoms with E-state index in [0.717, 1.165) is 39.2 Å². The largest absolute Gasteiger partial charge is 0.340 e. The zero-order valence-corrected chi connectivity index (χ0v) is 16.3. The Hall–Kier alpha value is -4.18. The molecule has 0 aliphatic rings. The van der Waals surface area contributed by atoms with E-state index in [1.807, 2.05) is 84.9 Å². The fourth-order valence-corrected chi connectivity index (χ4v) is 3.40. The molecule has 5 aromatic rings. The minimum atomic E-state index is 0.555. The SMILES string of the molecule is c1ccc(Nc2nc(Nc3ccccc3)c3cc(-c4ccccc4)ccc3n2)cc1. The average molecular weight is 388 g/mol. The van der Waals surface area contributed by atoms with Crippen LogP contribution in [0.3, 0.4) is 0 Å². The minimum absolute atomic E-state index is 0.555. The van der Waals surface area contributed by atoms with Gasteiger partial charge in [-0.1, -0.05) is 72.8 Å². The number of nitrogens with one attached hydrogen (secondary N) is 2. The monoisotopic (exact) mass is 388 g/mol. The molecule has 4 heteroatoms. The molecule has 0 saturated heterocycles. The lowest BCUT2D eigenvalue weighted by molar-refractivity contribution is 1.21. The van der Waals surface area contributed by atoms with Crippen LogP contribution in [0.4, 0.5) is 23.1 Å². The second-order valence-corrected chi connectivity index (χ2v) is 6.98. The van der Waals surface area contributed by atoms with Crippen LogP contribution in [-0.2, 0) is 0 Å². The predicted molar refractivity (Wildman–Crippen MR) is 124 cm³/mol. The second kappa shape index (κ2) is 8.05. The summed E-state index contributed by atoms with van der Waals surface area (Å²) in [6.07, 6.45) is 0. The first-order valence-electron chi connectivity index (χ1n) is 9.86. The number of fused-ring (bicyclic) bond motifs is 1. The summed E-state index contributed by atoms with van der Waals surface area (Å²) < 4.78 is 0. The number of benzene rings is 4. The number of nitrogens with zero attached hydrogens (tertiary/aromatic N) is 2. The van der Waals surface area contributed by atoms with E-state index in [4.69, 9.17) is 9.97 Å². The first-order valence-corrected chi connectivity index (χ1v) is 9.86. The Balaban J connectivity index is 1.62. The zero-order valence-electron chi connectivity index (χ0n) is 16.3. The van der Waals surface area contributed by atoms with E-state index in [9.17, 15) is 0 Å². The molecule has 1 heterocycles. The lowest BCUT2D eigenvalue weighted by Gasteiger charge is -2.13. The maximum atomic E-state index is 4.79. The van der Waals surface area contributed by atoms with Crippen molar-refractivity contribution in [1.82, 2.24) is 9.97 Å². The highest BCUT2D eigenvalue weighted by atomic mass is 15.1. The van der Waals surface area contributed by atoms with Crippen LogP contribution in [-0.4, -0.2) is 9.97 Å². The molecule has 1 aromatic heterocycles. The Kier molecular flexibility index (Phi) is 4.80. The molecule has 0 atom stereocenters. The molecule has 144 valence electrons. The molecule has 30 heavy (non-hydrogen) atoms. The summed E-state index contributed by atoms with van der Waals surface area (Å²) in [7, 11) is 0. The summed E-state index contributed by atoms with van der Waals surface area (Å²) in [4.78, 5) is 9.54. The van der Waals surface area contributed by atoms with Crippen LogP contribution >= 0.6 is 0 Å². The Bertz CT molecular complexity index is 1270. The standard InChI is InChI=1S/C26H20N4/c1-4-10-19(11-5-1)20-16-17-24-23(18-20)25(27-21-12-6-2-7-13-21)30-26(29-24)28-22-14-8-3-9-15-22/h1-18H,(H2,27,28,29,30). The van der Waals surface area contributed by atoms with Crippen molar-refractivity contribution in [2.45, 2.75) is 0 Å². The van der Waals surface area contributed by atoms with Crippen LogP contribution < -0.4 is 10.6 Å². The van der Waals surface area contributed by atoms with Gasteiger partial charge in [-0.25, -0.2) is 4.98 Å². The maximum Gasteiger partial charge on any atom is 0.229 e. The van der Waals surface area contributed by atoms with Crippen LogP contribution in [0.15, 0.2) is 109 Å². The molecule has 4 nitrogen and oxygen atoms in total. The van der Waals surface area contributed by atoms with E-state index in [1.165, 1.54) is 0 Å². The van der Waals surface area contributed by atoms with Crippen molar-refractivity contribution in [1.29, 1.82) is 0 Å². The molecule has 0 fully saturated rings. The highest BCUT2D eigenvalue weighted by Crippen LogP contribution is 2.30. The van der Waals surface area contributed by atoms with Gasteiger partial charge in [-0.15, -0.1) is 0 Å². The van der Waals surface area contributed by atoms with Gasteiger partial charge < -0.3 is 10.6 Å². The highest BCUT2D eigenvalue weighted by molar-refractivity contribution is 5.95. The molecule has 0 radical (unpaired) electrons. The fraction of sp³-hybridized carbons (Fsp3) is 0. The Morgan fingerprint density at radius 2 is 1.10 bits per heavy atom. The van der Waals surface area contributed by atoms with Gasteiger partial charge in [-0.3, -0.25) is 0 Å². The molecule has 0 unspecified atom stereocenters. The molecule has 5 rings (SSSR count). The molecular weight excluding hydrogens is 368 g/mol. The van der Waals surface area contributed by atoms with Gasteiger partial charge in [0.1, 0.15) is 5.82 Å². The number of anilines is 4. The van der Waals surface area contributed by atoms with Crippen LogP contribution in [0.5, 0.6) is 0 Å². The van der Waals surface area contributed by atoms with Gasteiger partial charge in [-0.05, 0) is 47.5 Å². The van der Waals surface area contributed by atoms with Gasteiger partial charge in [0.05, 0.1) is 5.52 Å². The third-order valence-electron chi connectivity index (χ3n) is 4.87. The molecule has 0 bridgehead atoms. The van der Waals surface area contributed by atoms with Gasteiger partial charge in [-0.2, -0.15) is 4.98 Å². The van der Waals surface area contributed by atoms with E-state index in [0.29, 0.717) is 5.95 Å². The maximum absolute atomic E-state index is 4.79. The Morgan fingerprint density at radius 3 is 1.77 bits per heavy atom. The number of aromatic nitrogens is 2. The van der Waals surface area contributed by atoms with Crippen molar-refractivity contribution < 1.29 is 0 Å². The molecule has 0 amide bonds. The summed E-state index contributed by atoms with van der Waals surface area (Å²) in [5, 5.41) is 7.74. The Labute approximate surface area is 175 Å². The molecular formula is C26H20N4. The normalized spacial score (nSPS) is 10.7.